The third kappa shape index (κ3) is 5.65. The van der Waals surface area contributed by atoms with Gasteiger partial charge in [-0.1, -0.05) is 6.42 Å². The number of aromatic nitrogens is 3. The number of nitrogens with zero attached hydrogens (tertiary/aromatic N) is 5. The first-order valence-corrected chi connectivity index (χ1v) is 11.5. The number of furan rings is 1. The molecule has 170 valence electrons. The molecule has 9 heteroatoms. The van der Waals surface area contributed by atoms with E-state index >= 15 is 0 Å². The van der Waals surface area contributed by atoms with Crippen molar-refractivity contribution in [2.45, 2.75) is 64.3 Å². The number of ether oxygens (including phenoxy) is 1. The van der Waals surface area contributed by atoms with Crippen molar-refractivity contribution >= 4 is 5.96 Å². The van der Waals surface area contributed by atoms with Crippen molar-refractivity contribution in [1.82, 2.24) is 30.3 Å². The number of hydrogen-bond acceptors (Lipinski definition) is 6. The average molecular weight is 430 g/mol. The molecule has 1 saturated heterocycles. The number of likely N-dealkylation sites (tertiary alicyclic amines) is 1. The van der Waals surface area contributed by atoms with Gasteiger partial charge in [0.15, 0.2) is 11.8 Å². The summed E-state index contributed by atoms with van der Waals surface area (Å²) in [4.78, 5) is 12.0. The maximum Gasteiger partial charge on any atom is 0.191 e. The summed E-state index contributed by atoms with van der Waals surface area (Å²) in [6, 6.07) is 4.48. The third-order valence-corrected chi connectivity index (χ3v) is 5.99. The van der Waals surface area contributed by atoms with Crippen LogP contribution in [0.3, 0.4) is 0 Å². The van der Waals surface area contributed by atoms with Crippen LogP contribution in [-0.2, 0) is 24.3 Å². The van der Waals surface area contributed by atoms with E-state index in [2.05, 4.69) is 38.6 Å². The van der Waals surface area contributed by atoms with Crippen molar-refractivity contribution in [3.8, 4) is 0 Å². The van der Waals surface area contributed by atoms with Gasteiger partial charge in [-0.3, -0.25) is 9.89 Å². The summed E-state index contributed by atoms with van der Waals surface area (Å²) in [7, 11) is 1.67. The quantitative estimate of drug-likeness (QED) is 0.490. The Bertz CT molecular complexity index is 827. The van der Waals surface area contributed by atoms with E-state index in [9.17, 15) is 0 Å². The van der Waals surface area contributed by atoms with Crippen LogP contribution in [0.4, 0.5) is 0 Å². The topological polar surface area (TPSA) is 92.7 Å². The van der Waals surface area contributed by atoms with Gasteiger partial charge in [0, 0.05) is 26.1 Å². The number of aryl methyl sites for hydroxylation is 1. The largest absolute Gasteiger partial charge is 0.468 e. The Morgan fingerprint density at radius 1 is 1.35 bits per heavy atom. The summed E-state index contributed by atoms with van der Waals surface area (Å²) in [5, 5.41) is 11.6. The number of nitrogens with one attached hydrogen (secondary N) is 2. The monoisotopic (exact) mass is 429 g/mol. The zero-order valence-electron chi connectivity index (χ0n) is 18.7. The predicted octanol–water partition coefficient (Wildman–Crippen LogP) is 2.11. The van der Waals surface area contributed by atoms with Crippen LogP contribution in [0, 0.1) is 0 Å². The highest BCUT2D eigenvalue weighted by atomic mass is 16.5. The van der Waals surface area contributed by atoms with E-state index in [1.807, 2.05) is 10.7 Å². The Kier molecular flexibility index (Phi) is 7.58. The zero-order valence-corrected chi connectivity index (χ0v) is 18.7. The van der Waals surface area contributed by atoms with Gasteiger partial charge < -0.3 is 19.8 Å². The Morgan fingerprint density at radius 3 is 2.97 bits per heavy atom. The number of aliphatic imine (C=N–C) groups is 1. The molecule has 2 aliphatic heterocycles. The van der Waals surface area contributed by atoms with E-state index in [1.54, 1.807) is 13.4 Å². The van der Waals surface area contributed by atoms with Gasteiger partial charge in [0.1, 0.15) is 18.2 Å². The summed E-state index contributed by atoms with van der Waals surface area (Å²) in [6.07, 6.45) is 7.46. The molecule has 9 nitrogen and oxygen atoms in total. The summed E-state index contributed by atoms with van der Waals surface area (Å²) in [5.74, 6) is 3.63. The van der Waals surface area contributed by atoms with Crippen molar-refractivity contribution in [3.63, 3.8) is 0 Å². The first kappa shape index (κ1) is 21.8. The molecule has 2 N–H and O–H groups in total. The highest BCUT2D eigenvalue weighted by molar-refractivity contribution is 5.80. The maximum atomic E-state index is 5.77. The van der Waals surface area contributed by atoms with Gasteiger partial charge in [0.05, 0.1) is 25.4 Å². The number of hydrogen-bond donors (Lipinski definition) is 2. The molecule has 2 unspecified atom stereocenters. The smallest absolute Gasteiger partial charge is 0.191 e. The predicted molar refractivity (Wildman–Crippen MR) is 119 cm³/mol. The number of piperidine rings is 1. The van der Waals surface area contributed by atoms with Crippen LogP contribution in [0.1, 0.15) is 56.1 Å². The fourth-order valence-corrected chi connectivity index (χ4v) is 4.46. The van der Waals surface area contributed by atoms with Gasteiger partial charge in [-0.25, -0.2) is 9.67 Å². The summed E-state index contributed by atoms with van der Waals surface area (Å²) in [5.41, 5.74) is 0. The maximum absolute atomic E-state index is 5.77. The lowest BCUT2D eigenvalue weighted by Crippen LogP contribution is -2.47. The Balaban J connectivity index is 1.42. The SMILES string of the molecule is CCNC(=NCC(c1ccco1)N1CCCCC1)NC1CCc2nc(COC)nn2C1. The second kappa shape index (κ2) is 10.8. The minimum Gasteiger partial charge on any atom is -0.468 e. The Labute approximate surface area is 184 Å². The molecule has 1 fully saturated rings. The van der Waals surface area contributed by atoms with Crippen LogP contribution in [0.25, 0.3) is 0 Å². The van der Waals surface area contributed by atoms with Gasteiger partial charge in [0.2, 0.25) is 0 Å². The highest BCUT2D eigenvalue weighted by Crippen LogP contribution is 2.25. The van der Waals surface area contributed by atoms with Crippen LogP contribution in [-0.4, -0.2) is 65.0 Å². The van der Waals surface area contributed by atoms with E-state index in [1.165, 1.54) is 19.3 Å². The summed E-state index contributed by atoms with van der Waals surface area (Å²) in [6.45, 7) is 7.03. The number of guanidine groups is 1. The molecular formula is C22H35N7O2. The van der Waals surface area contributed by atoms with E-state index in [4.69, 9.17) is 14.1 Å². The molecule has 0 spiro atoms. The van der Waals surface area contributed by atoms with Gasteiger partial charge in [-0.05, 0) is 51.4 Å². The highest BCUT2D eigenvalue weighted by Gasteiger charge is 2.25. The van der Waals surface area contributed by atoms with Crippen LogP contribution < -0.4 is 10.6 Å². The van der Waals surface area contributed by atoms with Crippen LogP contribution in [0.15, 0.2) is 27.8 Å². The molecule has 0 bridgehead atoms. The van der Waals surface area contributed by atoms with Crippen molar-refractivity contribution in [1.29, 1.82) is 0 Å². The summed E-state index contributed by atoms with van der Waals surface area (Å²) < 4.78 is 12.9. The second-order valence-electron chi connectivity index (χ2n) is 8.29. The molecule has 2 aromatic heterocycles. The average Bonchev–Trinajstić information content (AvgIpc) is 3.45. The van der Waals surface area contributed by atoms with Gasteiger partial charge >= 0.3 is 0 Å². The van der Waals surface area contributed by atoms with E-state index in [0.29, 0.717) is 13.2 Å². The molecule has 2 atom stereocenters. The van der Waals surface area contributed by atoms with Gasteiger partial charge in [-0.15, -0.1) is 0 Å². The minimum absolute atomic E-state index is 0.177. The first-order valence-electron chi connectivity index (χ1n) is 11.5. The second-order valence-corrected chi connectivity index (χ2v) is 8.29. The first-order chi connectivity index (χ1) is 15.3. The number of fused-ring (bicyclic) bond motifs is 1. The van der Waals surface area contributed by atoms with Crippen LogP contribution >= 0.6 is 0 Å². The zero-order chi connectivity index (χ0) is 21.5. The molecule has 2 aromatic rings. The molecule has 0 radical (unpaired) electrons. The molecule has 4 rings (SSSR count). The van der Waals surface area contributed by atoms with Crippen molar-refractivity contribution in [2.24, 2.45) is 4.99 Å². The van der Waals surface area contributed by atoms with Gasteiger partial charge in [-0.2, -0.15) is 5.10 Å². The standard InChI is InChI=1S/C22H35N7O2/c1-3-23-22(25-17-9-10-21-26-20(16-30-2)27-29(21)15-17)24-14-18(19-8-7-13-31-19)28-11-5-4-6-12-28/h7-8,13,17-18H,3-6,9-12,14-16H2,1-2H3,(H2,23,24,25). The number of methoxy groups -OCH3 is 1. The summed E-state index contributed by atoms with van der Waals surface area (Å²) >= 11 is 0. The van der Waals surface area contributed by atoms with Crippen LogP contribution in [0.2, 0.25) is 0 Å². The normalized spacial score (nSPS) is 21.0. The van der Waals surface area contributed by atoms with Crippen molar-refractivity contribution in [3.05, 3.63) is 35.8 Å². The molecular weight excluding hydrogens is 394 g/mol. The Morgan fingerprint density at radius 2 is 2.23 bits per heavy atom. The third-order valence-electron chi connectivity index (χ3n) is 5.99. The minimum atomic E-state index is 0.177. The molecule has 0 amide bonds. The van der Waals surface area contributed by atoms with Crippen molar-refractivity contribution < 1.29 is 9.15 Å². The fourth-order valence-electron chi connectivity index (χ4n) is 4.46. The van der Waals surface area contributed by atoms with Gasteiger partial charge in [0.25, 0.3) is 0 Å². The van der Waals surface area contributed by atoms with E-state index in [0.717, 1.165) is 62.4 Å². The molecule has 0 aromatic carbocycles. The Hall–Kier alpha value is -2.39. The molecule has 2 aliphatic rings. The fraction of sp³-hybridized carbons (Fsp3) is 0.682. The molecule has 4 heterocycles. The number of rotatable bonds is 8. The molecule has 0 saturated carbocycles. The van der Waals surface area contributed by atoms with Crippen molar-refractivity contribution in [2.75, 3.05) is 33.3 Å². The molecule has 0 aliphatic carbocycles. The lowest BCUT2D eigenvalue weighted by atomic mass is 10.1. The lowest BCUT2D eigenvalue weighted by molar-refractivity contribution is 0.150. The molecule has 31 heavy (non-hydrogen) atoms. The van der Waals surface area contributed by atoms with E-state index < -0.39 is 0 Å². The van der Waals surface area contributed by atoms with E-state index in [-0.39, 0.29) is 12.1 Å². The van der Waals surface area contributed by atoms with Crippen LogP contribution in [0.5, 0.6) is 0 Å². The lowest BCUT2D eigenvalue weighted by Gasteiger charge is -2.33.